The van der Waals surface area contributed by atoms with E-state index in [1.54, 1.807) is 11.0 Å². The van der Waals surface area contributed by atoms with Gasteiger partial charge in [-0.05, 0) is 25.8 Å². The number of hydrogen-bond donors (Lipinski definition) is 1. The first-order valence-corrected chi connectivity index (χ1v) is 7.55. The number of nitrogens with one attached hydrogen (secondary N) is 1. The molecule has 1 heterocycles. The van der Waals surface area contributed by atoms with Crippen LogP contribution in [-0.4, -0.2) is 35.4 Å². The molecular weight excluding hydrogens is 274 g/mol. The van der Waals surface area contributed by atoms with Gasteiger partial charge in [0.15, 0.2) is 0 Å². The summed E-state index contributed by atoms with van der Waals surface area (Å²) in [6.45, 7) is 7.06. The monoisotopic (exact) mass is 297 g/mol. The van der Waals surface area contributed by atoms with E-state index in [4.69, 9.17) is 11.6 Å². The number of nitrogens with zero attached hydrogens (tertiary/aromatic N) is 2. The van der Waals surface area contributed by atoms with Crippen LogP contribution in [0.4, 0.5) is 5.82 Å². The highest BCUT2D eigenvalue weighted by Crippen LogP contribution is 2.21. The first kappa shape index (κ1) is 16.8. The van der Waals surface area contributed by atoms with Crippen LogP contribution < -0.4 is 5.32 Å². The van der Waals surface area contributed by atoms with E-state index in [0.29, 0.717) is 16.4 Å². The Bertz CT molecular complexity index is 451. The summed E-state index contributed by atoms with van der Waals surface area (Å²) >= 11 is 6.11. The molecule has 0 saturated carbocycles. The van der Waals surface area contributed by atoms with Gasteiger partial charge in [0.05, 0.1) is 10.6 Å². The first-order valence-electron chi connectivity index (χ1n) is 7.17. The van der Waals surface area contributed by atoms with Crippen LogP contribution in [0.5, 0.6) is 0 Å². The van der Waals surface area contributed by atoms with Gasteiger partial charge in [0.2, 0.25) is 0 Å². The molecular formula is C15H24ClN3O. The van der Waals surface area contributed by atoms with E-state index < -0.39 is 0 Å². The van der Waals surface area contributed by atoms with Crippen LogP contribution in [0.25, 0.3) is 0 Å². The van der Waals surface area contributed by atoms with E-state index >= 15 is 0 Å². The lowest BCUT2D eigenvalue weighted by Gasteiger charge is -2.25. The Hall–Kier alpha value is -1.29. The lowest BCUT2D eigenvalue weighted by Crippen LogP contribution is -2.35. The molecule has 0 aliphatic heterocycles. The molecule has 1 N–H and O–H groups in total. The number of carbonyl (C=O) groups excluding carboxylic acids is 1. The molecule has 1 rings (SSSR count). The third-order valence-corrected chi connectivity index (χ3v) is 3.63. The molecule has 1 aromatic rings. The average Bonchev–Trinajstić information content (AvgIpc) is 2.45. The van der Waals surface area contributed by atoms with Crippen LogP contribution >= 0.6 is 11.6 Å². The van der Waals surface area contributed by atoms with Crippen LogP contribution in [0.1, 0.15) is 50.4 Å². The summed E-state index contributed by atoms with van der Waals surface area (Å²) in [5.74, 6) is 0.633. The summed E-state index contributed by atoms with van der Waals surface area (Å²) in [4.78, 5) is 18.4. The maximum atomic E-state index is 12.5. The van der Waals surface area contributed by atoms with E-state index in [0.717, 1.165) is 25.8 Å². The van der Waals surface area contributed by atoms with Gasteiger partial charge in [0, 0.05) is 25.8 Å². The summed E-state index contributed by atoms with van der Waals surface area (Å²) in [5, 5.41) is 3.57. The van der Waals surface area contributed by atoms with Gasteiger partial charge in [-0.2, -0.15) is 0 Å². The Kier molecular flexibility index (Phi) is 6.79. The van der Waals surface area contributed by atoms with E-state index in [-0.39, 0.29) is 11.9 Å². The second-order valence-corrected chi connectivity index (χ2v) is 5.44. The van der Waals surface area contributed by atoms with E-state index in [9.17, 15) is 4.79 Å². The predicted octanol–water partition coefficient (Wildman–Crippen LogP) is 3.82. The lowest BCUT2D eigenvalue weighted by molar-refractivity contribution is 0.0737. The van der Waals surface area contributed by atoms with E-state index in [1.807, 2.05) is 14.0 Å². The zero-order valence-corrected chi connectivity index (χ0v) is 13.5. The third kappa shape index (κ3) is 4.37. The van der Waals surface area contributed by atoms with Crippen molar-refractivity contribution in [2.24, 2.45) is 0 Å². The fourth-order valence-corrected chi connectivity index (χ4v) is 2.14. The van der Waals surface area contributed by atoms with Gasteiger partial charge in [-0.3, -0.25) is 4.79 Å². The molecule has 4 nitrogen and oxygen atoms in total. The van der Waals surface area contributed by atoms with Crippen LogP contribution in [-0.2, 0) is 0 Å². The summed E-state index contributed by atoms with van der Waals surface area (Å²) in [6, 6.07) is 1.93. The summed E-state index contributed by atoms with van der Waals surface area (Å²) in [6.07, 6.45) is 4.56. The fourth-order valence-electron chi connectivity index (χ4n) is 1.95. The number of amides is 1. The highest BCUT2D eigenvalue weighted by Gasteiger charge is 2.20. The van der Waals surface area contributed by atoms with Crippen molar-refractivity contribution in [2.45, 2.75) is 46.1 Å². The predicted molar refractivity (Wildman–Crippen MR) is 84.5 cm³/mol. The van der Waals surface area contributed by atoms with Gasteiger partial charge in [-0.15, -0.1) is 0 Å². The van der Waals surface area contributed by atoms with Crippen molar-refractivity contribution in [1.29, 1.82) is 0 Å². The fraction of sp³-hybridized carbons (Fsp3) is 0.600. The van der Waals surface area contributed by atoms with Crippen LogP contribution in [0.2, 0.25) is 5.02 Å². The maximum Gasteiger partial charge on any atom is 0.255 e. The van der Waals surface area contributed by atoms with Gasteiger partial charge in [-0.1, -0.05) is 31.9 Å². The molecule has 0 bridgehead atoms. The summed E-state index contributed by atoms with van der Waals surface area (Å²) < 4.78 is 0. The first-order chi connectivity index (χ1) is 9.51. The molecule has 0 radical (unpaired) electrons. The minimum absolute atomic E-state index is 0.0575. The normalized spacial score (nSPS) is 12.1. The Balaban J connectivity index is 2.90. The van der Waals surface area contributed by atoms with Crippen molar-refractivity contribution >= 4 is 23.3 Å². The molecule has 0 fully saturated rings. The average molecular weight is 298 g/mol. The number of pyridine rings is 1. The standard InChI is InChI=1S/C15H24ClN3O/c1-5-7-11(3)19(4)15(20)12-9-14(17-8-6-2)18-10-13(12)16/h9-11H,5-8H2,1-4H3,(H,17,18). The minimum atomic E-state index is -0.0575. The summed E-state index contributed by atoms with van der Waals surface area (Å²) in [7, 11) is 1.82. The van der Waals surface area contributed by atoms with Crippen molar-refractivity contribution < 1.29 is 4.79 Å². The number of rotatable bonds is 7. The van der Waals surface area contributed by atoms with Crippen molar-refractivity contribution in [3.63, 3.8) is 0 Å². The maximum absolute atomic E-state index is 12.5. The van der Waals surface area contributed by atoms with Crippen LogP contribution in [0.15, 0.2) is 12.3 Å². The number of hydrogen-bond acceptors (Lipinski definition) is 3. The molecule has 20 heavy (non-hydrogen) atoms. The summed E-state index contributed by atoms with van der Waals surface area (Å²) in [5.41, 5.74) is 0.505. The second kappa shape index (κ2) is 8.10. The molecule has 0 saturated heterocycles. The molecule has 0 aliphatic carbocycles. The van der Waals surface area contributed by atoms with Gasteiger partial charge in [0.1, 0.15) is 5.82 Å². The highest BCUT2D eigenvalue weighted by molar-refractivity contribution is 6.33. The topological polar surface area (TPSA) is 45.2 Å². The number of anilines is 1. The quantitative estimate of drug-likeness (QED) is 0.832. The Morgan fingerprint density at radius 1 is 1.45 bits per heavy atom. The van der Waals surface area contributed by atoms with Crippen LogP contribution in [0.3, 0.4) is 0 Å². The molecule has 0 aliphatic rings. The highest BCUT2D eigenvalue weighted by atomic mass is 35.5. The second-order valence-electron chi connectivity index (χ2n) is 5.03. The molecule has 112 valence electrons. The molecule has 0 aromatic carbocycles. The molecule has 1 amide bonds. The SMILES string of the molecule is CCCNc1cc(C(=O)N(C)C(C)CCC)c(Cl)cn1. The van der Waals surface area contributed by atoms with E-state index in [1.165, 1.54) is 6.20 Å². The Morgan fingerprint density at radius 3 is 2.75 bits per heavy atom. The zero-order chi connectivity index (χ0) is 15.1. The molecule has 0 spiro atoms. The molecule has 1 unspecified atom stereocenters. The Labute approximate surface area is 126 Å². The van der Waals surface area contributed by atoms with Crippen molar-refractivity contribution in [3.8, 4) is 0 Å². The Morgan fingerprint density at radius 2 is 2.15 bits per heavy atom. The van der Waals surface area contributed by atoms with E-state index in [2.05, 4.69) is 24.1 Å². The number of halogens is 1. The van der Waals surface area contributed by atoms with Crippen molar-refractivity contribution in [3.05, 3.63) is 22.8 Å². The lowest BCUT2D eigenvalue weighted by atomic mass is 10.1. The largest absolute Gasteiger partial charge is 0.370 e. The molecule has 5 heteroatoms. The molecule has 1 atom stereocenters. The van der Waals surface area contributed by atoms with Gasteiger partial charge in [0.25, 0.3) is 5.91 Å². The molecule has 1 aromatic heterocycles. The number of carbonyl (C=O) groups is 1. The third-order valence-electron chi connectivity index (χ3n) is 3.33. The van der Waals surface area contributed by atoms with Gasteiger partial charge in [-0.25, -0.2) is 4.98 Å². The zero-order valence-electron chi connectivity index (χ0n) is 12.7. The smallest absolute Gasteiger partial charge is 0.255 e. The van der Waals surface area contributed by atoms with Crippen LogP contribution in [0, 0.1) is 0 Å². The van der Waals surface area contributed by atoms with Crippen molar-refractivity contribution in [2.75, 3.05) is 18.9 Å². The number of aromatic nitrogens is 1. The van der Waals surface area contributed by atoms with Crippen molar-refractivity contribution in [1.82, 2.24) is 9.88 Å². The van der Waals surface area contributed by atoms with Gasteiger partial charge >= 0.3 is 0 Å². The van der Waals surface area contributed by atoms with Gasteiger partial charge < -0.3 is 10.2 Å². The minimum Gasteiger partial charge on any atom is -0.370 e.